The van der Waals surface area contributed by atoms with E-state index >= 15 is 0 Å². The molecule has 0 saturated carbocycles. The Balaban J connectivity index is 2.75. The largest absolute Gasteiger partial charge is 0.366 e. The van der Waals surface area contributed by atoms with Gasteiger partial charge in [-0.25, -0.2) is 0 Å². The van der Waals surface area contributed by atoms with Crippen LogP contribution >= 0.6 is 0 Å². The standard InChI is InChI=1S/C7H11N3O/c8-6(11)5-1-3-7(9,10)4-2-5/h1-3H,4,9-10H2,(H2,8,11). The van der Waals surface area contributed by atoms with Crippen LogP contribution in [-0.2, 0) is 4.79 Å². The molecule has 0 saturated heterocycles. The van der Waals surface area contributed by atoms with E-state index in [-0.39, 0.29) is 0 Å². The van der Waals surface area contributed by atoms with Crippen molar-refractivity contribution in [3.05, 3.63) is 23.8 Å². The Hall–Kier alpha value is -1.13. The van der Waals surface area contributed by atoms with Crippen molar-refractivity contribution in [2.24, 2.45) is 17.2 Å². The molecule has 0 aliphatic heterocycles. The molecule has 1 amide bonds. The van der Waals surface area contributed by atoms with Crippen molar-refractivity contribution in [3.8, 4) is 0 Å². The van der Waals surface area contributed by atoms with Crippen LogP contribution in [-0.4, -0.2) is 11.6 Å². The Labute approximate surface area is 64.7 Å². The summed E-state index contributed by atoms with van der Waals surface area (Å²) in [6, 6.07) is 0. The molecule has 0 fully saturated rings. The highest BCUT2D eigenvalue weighted by atomic mass is 16.1. The summed E-state index contributed by atoms with van der Waals surface area (Å²) in [4.78, 5) is 10.6. The first-order valence-corrected chi connectivity index (χ1v) is 3.28. The SMILES string of the molecule is NC(=O)C1=CCC(N)(N)C=C1. The summed E-state index contributed by atoms with van der Waals surface area (Å²) in [5, 5.41) is 0. The molecule has 0 aromatic heterocycles. The normalized spacial score (nSPS) is 21.1. The predicted molar refractivity (Wildman–Crippen MR) is 42.1 cm³/mol. The third-order valence-electron chi connectivity index (χ3n) is 1.53. The summed E-state index contributed by atoms with van der Waals surface area (Å²) in [5.74, 6) is -0.447. The van der Waals surface area contributed by atoms with E-state index in [4.69, 9.17) is 17.2 Å². The fraction of sp³-hybridized carbons (Fsp3) is 0.286. The molecule has 4 nitrogen and oxygen atoms in total. The van der Waals surface area contributed by atoms with Gasteiger partial charge in [0.15, 0.2) is 0 Å². The third kappa shape index (κ3) is 1.89. The van der Waals surface area contributed by atoms with Crippen molar-refractivity contribution < 1.29 is 4.79 Å². The molecule has 4 heteroatoms. The summed E-state index contributed by atoms with van der Waals surface area (Å²) < 4.78 is 0. The van der Waals surface area contributed by atoms with E-state index in [1.807, 2.05) is 0 Å². The van der Waals surface area contributed by atoms with Crippen LogP contribution in [0.25, 0.3) is 0 Å². The highest BCUT2D eigenvalue weighted by Gasteiger charge is 2.18. The smallest absolute Gasteiger partial charge is 0.248 e. The highest BCUT2D eigenvalue weighted by molar-refractivity contribution is 5.95. The number of primary amides is 1. The lowest BCUT2D eigenvalue weighted by atomic mass is 9.98. The molecule has 0 aromatic rings. The van der Waals surface area contributed by atoms with E-state index in [1.54, 1.807) is 18.2 Å². The van der Waals surface area contributed by atoms with Gasteiger partial charge in [0.05, 0.1) is 5.66 Å². The van der Waals surface area contributed by atoms with Crippen molar-refractivity contribution in [1.82, 2.24) is 0 Å². The molecule has 6 N–H and O–H groups in total. The van der Waals surface area contributed by atoms with Gasteiger partial charge in [0.25, 0.3) is 0 Å². The van der Waals surface area contributed by atoms with Crippen LogP contribution in [0.3, 0.4) is 0 Å². The molecule has 0 spiro atoms. The second kappa shape index (κ2) is 2.48. The minimum absolute atomic E-state index is 0.446. The molecule has 0 bridgehead atoms. The fourth-order valence-electron chi connectivity index (χ4n) is 0.850. The quantitative estimate of drug-likeness (QED) is 0.420. The zero-order valence-corrected chi connectivity index (χ0v) is 6.08. The van der Waals surface area contributed by atoms with Gasteiger partial charge < -0.3 is 17.2 Å². The maximum atomic E-state index is 10.6. The lowest BCUT2D eigenvalue weighted by molar-refractivity contribution is -0.114. The molecule has 60 valence electrons. The molecule has 0 unspecified atom stereocenters. The van der Waals surface area contributed by atoms with Gasteiger partial charge >= 0.3 is 0 Å². The van der Waals surface area contributed by atoms with E-state index in [2.05, 4.69) is 0 Å². The Morgan fingerprint density at radius 3 is 2.55 bits per heavy atom. The number of hydrogen-bond acceptors (Lipinski definition) is 3. The van der Waals surface area contributed by atoms with Crippen LogP contribution in [0.1, 0.15) is 6.42 Å². The predicted octanol–water partition coefficient (Wildman–Crippen LogP) is -1.03. The summed E-state index contributed by atoms with van der Waals surface area (Å²) in [6.07, 6.45) is 5.21. The molecule has 1 aliphatic carbocycles. The van der Waals surface area contributed by atoms with Gasteiger partial charge in [0.1, 0.15) is 0 Å². The van der Waals surface area contributed by atoms with E-state index in [0.29, 0.717) is 12.0 Å². The number of nitrogens with two attached hydrogens (primary N) is 3. The Morgan fingerprint density at radius 2 is 2.18 bits per heavy atom. The summed E-state index contributed by atoms with van der Waals surface area (Å²) in [6.45, 7) is 0. The first-order chi connectivity index (χ1) is 5.01. The molecular weight excluding hydrogens is 142 g/mol. The van der Waals surface area contributed by atoms with Gasteiger partial charge in [0.2, 0.25) is 5.91 Å². The minimum Gasteiger partial charge on any atom is -0.366 e. The lowest BCUT2D eigenvalue weighted by Crippen LogP contribution is -2.47. The monoisotopic (exact) mass is 153 g/mol. The van der Waals surface area contributed by atoms with E-state index in [1.165, 1.54) is 0 Å². The molecule has 0 radical (unpaired) electrons. The molecule has 1 aliphatic rings. The summed E-state index contributed by atoms with van der Waals surface area (Å²) in [5.41, 5.74) is 15.7. The molecular formula is C7H11N3O. The van der Waals surface area contributed by atoms with Gasteiger partial charge in [-0.3, -0.25) is 4.79 Å². The zero-order chi connectivity index (χ0) is 8.48. The van der Waals surface area contributed by atoms with Gasteiger partial charge in [0, 0.05) is 12.0 Å². The van der Waals surface area contributed by atoms with Crippen molar-refractivity contribution >= 4 is 5.91 Å². The number of amides is 1. The van der Waals surface area contributed by atoms with Crippen molar-refractivity contribution in [2.45, 2.75) is 12.1 Å². The number of carbonyl (C=O) groups excluding carboxylic acids is 1. The molecule has 0 atom stereocenters. The number of carbonyl (C=O) groups is 1. The molecule has 11 heavy (non-hydrogen) atoms. The molecule has 1 rings (SSSR count). The summed E-state index contributed by atoms with van der Waals surface area (Å²) >= 11 is 0. The van der Waals surface area contributed by atoms with Crippen molar-refractivity contribution in [2.75, 3.05) is 0 Å². The topological polar surface area (TPSA) is 95.1 Å². The van der Waals surface area contributed by atoms with Crippen LogP contribution in [0.15, 0.2) is 23.8 Å². The first kappa shape index (κ1) is 7.97. The van der Waals surface area contributed by atoms with E-state index < -0.39 is 11.6 Å². The van der Waals surface area contributed by atoms with Crippen LogP contribution in [0.2, 0.25) is 0 Å². The van der Waals surface area contributed by atoms with Crippen molar-refractivity contribution in [1.29, 1.82) is 0 Å². The molecule has 0 heterocycles. The fourth-order valence-corrected chi connectivity index (χ4v) is 0.850. The minimum atomic E-state index is -0.820. The third-order valence-corrected chi connectivity index (χ3v) is 1.53. The number of rotatable bonds is 1. The second-order valence-corrected chi connectivity index (χ2v) is 2.67. The Bertz CT molecular complexity index is 240. The maximum absolute atomic E-state index is 10.6. The maximum Gasteiger partial charge on any atom is 0.248 e. The van der Waals surface area contributed by atoms with Crippen LogP contribution < -0.4 is 17.2 Å². The van der Waals surface area contributed by atoms with E-state index in [9.17, 15) is 4.79 Å². The lowest BCUT2D eigenvalue weighted by Gasteiger charge is -2.21. The van der Waals surface area contributed by atoms with Crippen LogP contribution in [0.4, 0.5) is 0 Å². The van der Waals surface area contributed by atoms with Gasteiger partial charge in [-0.05, 0) is 6.08 Å². The average molecular weight is 153 g/mol. The van der Waals surface area contributed by atoms with Gasteiger partial charge in [-0.2, -0.15) is 0 Å². The summed E-state index contributed by atoms with van der Waals surface area (Å²) in [7, 11) is 0. The Kier molecular flexibility index (Phi) is 1.80. The molecule has 0 aromatic carbocycles. The van der Waals surface area contributed by atoms with Crippen molar-refractivity contribution in [3.63, 3.8) is 0 Å². The van der Waals surface area contributed by atoms with Crippen LogP contribution in [0, 0.1) is 0 Å². The van der Waals surface area contributed by atoms with Crippen LogP contribution in [0.5, 0.6) is 0 Å². The Morgan fingerprint density at radius 1 is 1.55 bits per heavy atom. The average Bonchev–Trinajstić information content (AvgIpc) is 1.86. The highest BCUT2D eigenvalue weighted by Crippen LogP contribution is 2.12. The van der Waals surface area contributed by atoms with E-state index in [0.717, 1.165) is 0 Å². The van der Waals surface area contributed by atoms with Gasteiger partial charge in [-0.1, -0.05) is 12.2 Å². The van der Waals surface area contributed by atoms with Gasteiger partial charge in [-0.15, -0.1) is 0 Å². The second-order valence-electron chi connectivity index (χ2n) is 2.67. The zero-order valence-electron chi connectivity index (χ0n) is 6.08. The first-order valence-electron chi connectivity index (χ1n) is 3.28. The number of hydrogen-bond donors (Lipinski definition) is 3.